The summed E-state index contributed by atoms with van der Waals surface area (Å²) in [4.78, 5) is 24.4. The molecular weight excluding hydrogens is 222 g/mol. The first kappa shape index (κ1) is 15.9. The number of nitrogens with one attached hydrogen (secondary N) is 1. The Bertz CT molecular complexity index is 242. The Morgan fingerprint density at radius 1 is 1.35 bits per heavy atom. The Labute approximate surface area is 102 Å². The highest BCUT2D eigenvalue weighted by Crippen LogP contribution is 2.08. The molecule has 0 aliphatic rings. The van der Waals surface area contributed by atoms with Crippen LogP contribution in [0.1, 0.15) is 26.7 Å². The number of nitrogens with two attached hydrogens (primary N) is 1. The van der Waals surface area contributed by atoms with Gasteiger partial charge in [0.05, 0.1) is 19.7 Å². The second-order valence-electron chi connectivity index (χ2n) is 3.76. The van der Waals surface area contributed by atoms with Crippen LogP contribution in [0.4, 0.5) is 0 Å². The predicted molar refractivity (Wildman–Crippen MR) is 65.2 cm³/mol. The maximum atomic E-state index is 11.9. The van der Waals surface area contributed by atoms with Gasteiger partial charge in [-0.25, -0.2) is 0 Å². The smallest absolute Gasteiger partial charge is 0.242 e. The molecule has 6 heteroatoms. The summed E-state index contributed by atoms with van der Waals surface area (Å²) < 4.78 is 0. The minimum atomic E-state index is -0.355. The SMILES string of the molecule is CCC(CC)N(CCO)C(=O)CNC(=O)CN. The normalized spacial score (nSPS) is 10.4. The number of amides is 2. The molecule has 0 spiro atoms. The lowest BCUT2D eigenvalue weighted by molar-refractivity contribution is -0.135. The minimum Gasteiger partial charge on any atom is -0.395 e. The van der Waals surface area contributed by atoms with Gasteiger partial charge in [-0.2, -0.15) is 0 Å². The summed E-state index contributed by atoms with van der Waals surface area (Å²) in [7, 11) is 0. The van der Waals surface area contributed by atoms with E-state index >= 15 is 0 Å². The van der Waals surface area contributed by atoms with Crippen LogP contribution in [0.5, 0.6) is 0 Å². The van der Waals surface area contributed by atoms with Crippen LogP contribution < -0.4 is 11.1 Å². The molecular formula is C11H23N3O3. The number of rotatable bonds is 8. The van der Waals surface area contributed by atoms with E-state index in [0.717, 1.165) is 12.8 Å². The minimum absolute atomic E-state index is 0.0630. The highest BCUT2D eigenvalue weighted by Gasteiger charge is 2.20. The van der Waals surface area contributed by atoms with Gasteiger partial charge in [-0.1, -0.05) is 13.8 Å². The maximum absolute atomic E-state index is 11.9. The fourth-order valence-corrected chi connectivity index (χ4v) is 1.70. The topological polar surface area (TPSA) is 95.7 Å². The van der Waals surface area contributed by atoms with Crippen LogP contribution in [-0.2, 0) is 9.59 Å². The van der Waals surface area contributed by atoms with Crippen LogP contribution in [-0.4, -0.2) is 54.1 Å². The summed E-state index contributed by atoms with van der Waals surface area (Å²) in [6.45, 7) is 4.01. The van der Waals surface area contributed by atoms with Crippen molar-refractivity contribution in [2.75, 3.05) is 26.2 Å². The van der Waals surface area contributed by atoms with Crippen molar-refractivity contribution in [2.45, 2.75) is 32.7 Å². The largest absolute Gasteiger partial charge is 0.395 e. The molecule has 0 bridgehead atoms. The van der Waals surface area contributed by atoms with E-state index in [1.165, 1.54) is 0 Å². The lowest BCUT2D eigenvalue weighted by Crippen LogP contribution is -2.47. The molecule has 0 heterocycles. The quantitative estimate of drug-likeness (QED) is 0.515. The molecule has 0 aromatic rings. The van der Waals surface area contributed by atoms with Crippen molar-refractivity contribution in [1.82, 2.24) is 10.2 Å². The summed E-state index contributed by atoms with van der Waals surface area (Å²) in [5.41, 5.74) is 5.13. The third-order valence-corrected chi connectivity index (χ3v) is 2.67. The Kier molecular flexibility index (Phi) is 8.35. The third-order valence-electron chi connectivity index (χ3n) is 2.67. The first-order valence-corrected chi connectivity index (χ1v) is 5.97. The summed E-state index contributed by atoms with van der Waals surface area (Å²) in [6, 6.07) is 0.101. The van der Waals surface area contributed by atoms with Crippen molar-refractivity contribution in [3.8, 4) is 0 Å². The molecule has 4 N–H and O–H groups in total. The van der Waals surface area contributed by atoms with E-state index in [9.17, 15) is 9.59 Å². The molecule has 0 rings (SSSR count). The molecule has 0 aliphatic carbocycles. The monoisotopic (exact) mass is 245 g/mol. The van der Waals surface area contributed by atoms with Gasteiger partial charge in [0.2, 0.25) is 11.8 Å². The molecule has 6 nitrogen and oxygen atoms in total. The average molecular weight is 245 g/mol. The molecule has 0 unspecified atom stereocenters. The van der Waals surface area contributed by atoms with Crippen molar-refractivity contribution in [1.29, 1.82) is 0 Å². The lowest BCUT2D eigenvalue weighted by atomic mass is 10.1. The average Bonchev–Trinajstić information content (AvgIpc) is 2.35. The predicted octanol–water partition coefficient (Wildman–Crippen LogP) is -0.929. The molecule has 0 saturated heterocycles. The van der Waals surface area contributed by atoms with Crippen LogP contribution in [0.2, 0.25) is 0 Å². The van der Waals surface area contributed by atoms with Gasteiger partial charge < -0.3 is 21.1 Å². The van der Waals surface area contributed by atoms with E-state index in [0.29, 0.717) is 6.54 Å². The number of carbonyl (C=O) groups is 2. The fourth-order valence-electron chi connectivity index (χ4n) is 1.70. The molecule has 0 aromatic heterocycles. The van der Waals surface area contributed by atoms with Crippen molar-refractivity contribution in [3.05, 3.63) is 0 Å². The van der Waals surface area contributed by atoms with Gasteiger partial charge in [0.25, 0.3) is 0 Å². The lowest BCUT2D eigenvalue weighted by Gasteiger charge is -2.30. The first-order chi connectivity index (χ1) is 8.10. The number of aliphatic hydroxyl groups excluding tert-OH is 1. The Morgan fingerprint density at radius 3 is 2.35 bits per heavy atom. The van der Waals surface area contributed by atoms with Crippen molar-refractivity contribution in [3.63, 3.8) is 0 Å². The standard InChI is InChI=1S/C11H23N3O3/c1-3-9(4-2)14(5-6-15)11(17)8-13-10(16)7-12/h9,15H,3-8,12H2,1-2H3,(H,13,16). The maximum Gasteiger partial charge on any atom is 0.242 e. The fraction of sp³-hybridized carbons (Fsp3) is 0.818. The Balaban J connectivity index is 4.37. The molecule has 100 valence electrons. The van der Waals surface area contributed by atoms with Gasteiger partial charge in [0.1, 0.15) is 0 Å². The third kappa shape index (κ3) is 5.65. The number of aliphatic hydroxyl groups is 1. The van der Waals surface area contributed by atoms with Gasteiger partial charge in [-0.3, -0.25) is 9.59 Å². The van der Waals surface area contributed by atoms with E-state index in [1.54, 1.807) is 4.90 Å². The first-order valence-electron chi connectivity index (χ1n) is 5.97. The number of nitrogens with zero attached hydrogens (tertiary/aromatic N) is 1. The highest BCUT2D eigenvalue weighted by atomic mass is 16.3. The van der Waals surface area contributed by atoms with E-state index in [2.05, 4.69) is 5.32 Å². The summed E-state index contributed by atoms with van der Waals surface area (Å²) in [5.74, 6) is -0.540. The molecule has 0 atom stereocenters. The molecule has 0 radical (unpaired) electrons. The Morgan fingerprint density at radius 2 is 1.94 bits per heavy atom. The molecule has 0 fully saturated rings. The molecule has 2 amide bonds. The van der Waals surface area contributed by atoms with Gasteiger partial charge in [0, 0.05) is 12.6 Å². The highest BCUT2D eigenvalue weighted by molar-refractivity contribution is 5.85. The zero-order valence-electron chi connectivity index (χ0n) is 10.6. The number of carbonyl (C=O) groups excluding carboxylic acids is 2. The Hall–Kier alpha value is -1.14. The molecule has 0 saturated carbocycles. The number of hydrogen-bond acceptors (Lipinski definition) is 4. The van der Waals surface area contributed by atoms with Crippen LogP contribution in [0.15, 0.2) is 0 Å². The van der Waals surface area contributed by atoms with E-state index < -0.39 is 0 Å². The second-order valence-corrected chi connectivity index (χ2v) is 3.76. The zero-order chi connectivity index (χ0) is 13.3. The van der Waals surface area contributed by atoms with E-state index in [1.807, 2.05) is 13.8 Å². The van der Waals surface area contributed by atoms with Gasteiger partial charge in [-0.05, 0) is 12.8 Å². The van der Waals surface area contributed by atoms with Gasteiger partial charge in [0.15, 0.2) is 0 Å². The van der Waals surface area contributed by atoms with Crippen molar-refractivity contribution >= 4 is 11.8 Å². The second kappa shape index (κ2) is 8.95. The van der Waals surface area contributed by atoms with Gasteiger partial charge in [-0.15, -0.1) is 0 Å². The van der Waals surface area contributed by atoms with Crippen LogP contribution in [0.25, 0.3) is 0 Å². The summed E-state index contributed by atoms with van der Waals surface area (Å²) in [5, 5.41) is 11.4. The van der Waals surface area contributed by atoms with Crippen molar-refractivity contribution < 1.29 is 14.7 Å². The molecule has 17 heavy (non-hydrogen) atoms. The van der Waals surface area contributed by atoms with Gasteiger partial charge >= 0.3 is 0 Å². The van der Waals surface area contributed by atoms with E-state index in [4.69, 9.17) is 10.8 Å². The zero-order valence-corrected chi connectivity index (χ0v) is 10.6. The van der Waals surface area contributed by atoms with Crippen LogP contribution >= 0.6 is 0 Å². The summed E-state index contributed by atoms with van der Waals surface area (Å²) >= 11 is 0. The summed E-state index contributed by atoms with van der Waals surface area (Å²) in [6.07, 6.45) is 1.65. The number of hydrogen-bond donors (Lipinski definition) is 3. The van der Waals surface area contributed by atoms with E-state index in [-0.39, 0.29) is 37.6 Å². The van der Waals surface area contributed by atoms with Crippen molar-refractivity contribution in [2.24, 2.45) is 5.73 Å². The van der Waals surface area contributed by atoms with Crippen LogP contribution in [0.3, 0.4) is 0 Å². The molecule has 0 aliphatic heterocycles. The van der Waals surface area contributed by atoms with Crippen LogP contribution in [0, 0.1) is 0 Å². The molecule has 0 aromatic carbocycles.